The second kappa shape index (κ2) is 12.8. The summed E-state index contributed by atoms with van der Waals surface area (Å²) in [7, 11) is 1.65. The summed E-state index contributed by atoms with van der Waals surface area (Å²) in [6, 6.07) is 16.6. The Morgan fingerprint density at radius 2 is 1.39 bits per heavy atom. The fourth-order valence-corrected chi connectivity index (χ4v) is 4.86. The number of para-hydroxylation sites is 2. The van der Waals surface area contributed by atoms with E-state index < -0.39 is 17.8 Å². The van der Waals surface area contributed by atoms with E-state index in [1.165, 1.54) is 12.1 Å². The first kappa shape index (κ1) is 29.6. The number of carbonyl (C=O) groups excluding carboxylic acids is 2. The normalized spacial score (nSPS) is 13.5. The van der Waals surface area contributed by atoms with Crippen LogP contribution in [0.4, 0.5) is 40.7 Å². The first-order valence-electron chi connectivity index (χ1n) is 13.5. The van der Waals surface area contributed by atoms with Crippen LogP contribution in [0.25, 0.3) is 0 Å². The van der Waals surface area contributed by atoms with Crippen LogP contribution in [-0.2, 0) is 6.18 Å². The molecular formula is C30H34F3N5O3. The highest BCUT2D eigenvalue weighted by Gasteiger charge is 2.30. The van der Waals surface area contributed by atoms with Crippen LogP contribution in [0.2, 0.25) is 0 Å². The van der Waals surface area contributed by atoms with Gasteiger partial charge < -0.3 is 30.1 Å². The van der Waals surface area contributed by atoms with Crippen molar-refractivity contribution in [2.75, 3.05) is 66.8 Å². The van der Waals surface area contributed by atoms with E-state index in [1.807, 2.05) is 44.2 Å². The van der Waals surface area contributed by atoms with E-state index in [0.29, 0.717) is 37.4 Å². The molecule has 0 atom stereocenters. The molecule has 0 saturated carbocycles. The van der Waals surface area contributed by atoms with E-state index in [4.69, 9.17) is 4.74 Å². The number of hydrogen-bond acceptors (Lipinski definition) is 5. The molecule has 0 spiro atoms. The summed E-state index contributed by atoms with van der Waals surface area (Å²) >= 11 is 0. The van der Waals surface area contributed by atoms with Gasteiger partial charge in [-0.1, -0.05) is 12.1 Å². The molecule has 0 aromatic heterocycles. The number of carbonyl (C=O) groups is 2. The van der Waals surface area contributed by atoms with Crippen LogP contribution in [0.3, 0.4) is 0 Å². The third kappa shape index (κ3) is 7.03. The lowest BCUT2D eigenvalue weighted by atomic mass is 10.1. The van der Waals surface area contributed by atoms with E-state index in [2.05, 4.69) is 20.4 Å². The minimum Gasteiger partial charge on any atom is -0.495 e. The Kier molecular flexibility index (Phi) is 9.26. The molecule has 3 aromatic rings. The van der Waals surface area contributed by atoms with Crippen LogP contribution in [0.5, 0.6) is 5.75 Å². The van der Waals surface area contributed by atoms with Gasteiger partial charge in [-0.2, -0.15) is 13.2 Å². The summed E-state index contributed by atoms with van der Waals surface area (Å²) < 4.78 is 44.0. The molecule has 41 heavy (non-hydrogen) atoms. The van der Waals surface area contributed by atoms with Crippen LogP contribution < -0.4 is 25.2 Å². The molecule has 1 aliphatic heterocycles. The standard InChI is InChI=1S/C30H34F3N5O3/c1-4-36(5-2)28(39)24-20-23(35-29(40)34-22-12-10-21(11-13-22)30(31,32)33)14-15-25(24)37-16-18-38(19-17-37)26-8-6-7-9-27(26)41-3/h6-15,20H,4-5,16-19H2,1-3H3,(H2,34,35,40). The number of rotatable bonds is 8. The molecule has 4 rings (SSSR count). The summed E-state index contributed by atoms with van der Waals surface area (Å²) in [5, 5.41) is 5.22. The highest BCUT2D eigenvalue weighted by molar-refractivity contribution is 6.04. The van der Waals surface area contributed by atoms with Crippen LogP contribution >= 0.6 is 0 Å². The number of hydrogen-bond donors (Lipinski definition) is 2. The number of anilines is 4. The van der Waals surface area contributed by atoms with E-state index >= 15 is 0 Å². The molecule has 1 fully saturated rings. The minimum atomic E-state index is -4.46. The molecule has 0 bridgehead atoms. The Labute approximate surface area is 237 Å². The van der Waals surface area contributed by atoms with Crippen molar-refractivity contribution in [3.8, 4) is 5.75 Å². The molecule has 0 radical (unpaired) electrons. The van der Waals surface area contributed by atoms with Crippen molar-refractivity contribution in [1.82, 2.24) is 4.90 Å². The van der Waals surface area contributed by atoms with E-state index in [9.17, 15) is 22.8 Å². The molecule has 0 aliphatic carbocycles. The number of benzene rings is 3. The number of ether oxygens (including phenoxy) is 1. The minimum absolute atomic E-state index is 0.149. The zero-order chi connectivity index (χ0) is 29.6. The van der Waals surface area contributed by atoms with Crippen molar-refractivity contribution in [2.45, 2.75) is 20.0 Å². The lowest BCUT2D eigenvalue weighted by Gasteiger charge is -2.38. The Bertz CT molecular complexity index is 1350. The van der Waals surface area contributed by atoms with Crippen molar-refractivity contribution >= 4 is 34.7 Å². The third-order valence-electron chi connectivity index (χ3n) is 7.05. The number of halogens is 3. The van der Waals surface area contributed by atoms with Gasteiger partial charge in [0.2, 0.25) is 0 Å². The lowest BCUT2D eigenvalue weighted by molar-refractivity contribution is -0.137. The summed E-state index contributed by atoms with van der Waals surface area (Å²) in [6.45, 7) is 7.70. The molecule has 3 aromatic carbocycles. The smallest absolute Gasteiger partial charge is 0.416 e. The maximum Gasteiger partial charge on any atom is 0.416 e. The molecule has 0 unspecified atom stereocenters. The Hall–Kier alpha value is -4.41. The average Bonchev–Trinajstić information content (AvgIpc) is 2.97. The molecule has 11 heteroatoms. The molecule has 2 N–H and O–H groups in total. The van der Waals surface area contributed by atoms with Gasteiger partial charge in [0.05, 0.1) is 23.9 Å². The number of amides is 3. The van der Waals surface area contributed by atoms with E-state index in [-0.39, 0.29) is 11.6 Å². The first-order chi connectivity index (χ1) is 19.6. The molecule has 1 aliphatic rings. The average molecular weight is 570 g/mol. The topological polar surface area (TPSA) is 77.2 Å². The molecular weight excluding hydrogens is 535 g/mol. The third-order valence-corrected chi connectivity index (χ3v) is 7.05. The van der Waals surface area contributed by atoms with Gasteiger partial charge in [-0.25, -0.2) is 4.79 Å². The summed E-state index contributed by atoms with van der Waals surface area (Å²) in [5.74, 6) is 0.660. The number of urea groups is 1. The number of piperazine rings is 1. The zero-order valence-electron chi connectivity index (χ0n) is 23.3. The lowest BCUT2D eigenvalue weighted by Crippen LogP contribution is -2.47. The highest BCUT2D eigenvalue weighted by atomic mass is 19.4. The molecule has 1 saturated heterocycles. The Morgan fingerprint density at radius 1 is 0.829 bits per heavy atom. The van der Waals surface area contributed by atoms with Gasteiger partial charge in [-0.05, 0) is 68.4 Å². The SMILES string of the molecule is CCN(CC)C(=O)c1cc(NC(=O)Nc2ccc(C(F)(F)F)cc2)ccc1N1CCN(c2ccccc2OC)CC1. The van der Waals surface area contributed by atoms with Crippen molar-refractivity contribution in [3.05, 3.63) is 77.9 Å². The second-order valence-electron chi connectivity index (χ2n) is 9.51. The summed E-state index contributed by atoms with van der Waals surface area (Å²) in [5.41, 5.74) is 2.05. The maximum atomic E-state index is 13.5. The predicted octanol–water partition coefficient (Wildman–Crippen LogP) is 6.17. The first-order valence-corrected chi connectivity index (χ1v) is 13.5. The maximum absolute atomic E-state index is 13.5. The second-order valence-corrected chi connectivity index (χ2v) is 9.51. The van der Waals surface area contributed by atoms with Crippen LogP contribution in [0.15, 0.2) is 66.7 Å². The largest absolute Gasteiger partial charge is 0.495 e. The molecule has 218 valence electrons. The fraction of sp³-hybridized carbons (Fsp3) is 0.333. The fourth-order valence-electron chi connectivity index (χ4n) is 4.86. The van der Waals surface area contributed by atoms with Crippen LogP contribution in [0.1, 0.15) is 29.8 Å². The van der Waals surface area contributed by atoms with E-state index in [0.717, 1.165) is 42.3 Å². The number of nitrogens with zero attached hydrogens (tertiary/aromatic N) is 3. The van der Waals surface area contributed by atoms with Gasteiger partial charge in [-0.3, -0.25) is 4.79 Å². The molecule has 1 heterocycles. The van der Waals surface area contributed by atoms with Crippen molar-refractivity contribution in [3.63, 3.8) is 0 Å². The predicted molar refractivity (Wildman–Crippen MR) is 155 cm³/mol. The number of alkyl halides is 3. The van der Waals surface area contributed by atoms with Gasteiger partial charge in [0.25, 0.3) is 5.91 Å². The van der Waals surface area contributed by atoms with Crippen LogP contribution in [-0.4, -0.2) is 63.2 Å². The van der Waals surface area contributed by atoms with Crippen molar-refractivity contribution < 1.29 is 27.5 Å². The Morgan fingerprint density at radius 3 is 1.98 bits per heavy atom. The Balaban J connectivity index is 1.51. The molecule has 3 amide bonds. The summed E-state index contributed by atoms with van der Waals surface area (Å²) in [6.07, 6.45) is -4.46. The van der Waals surface area contributed by atoms with Gasteiger partial charge in [-0.15, -0.1) is 0 Å². The van der Waals surface area contributed by atoms with Gasteiger partial charge in [0.1, 0.15) is 5.75 Å². The van der Waals surface area contributed by atoms with Gasteiger partial charge >= 0.3 is 12.2 Å². The number of nitrogens with one attached hydrogen (secondary N) is 2. The van der Waals surface area contributed by atoms with E-state index in [1.54, 1.807) is 24.1 Å². The van der Waals surface area contributed by atoms with Crippen LogP contribution in [0, 0.1) is 0 Å². The van der Waals surface area contributed by atoms with Gasteiger partial charge in [0, 0.05) is 56.3 Å². The quantitative estimate of drug-likeness (QED) is 0.340. The van der Waals surface area contributed by atoms with Crippen molar-refractivity contribution in [1.29, 1.82) is 0 Å². The molecule has 8 nitrogen and oxygen atoms in total. The number of methoxy groups -OCH3 is 1. The van der Waals surface area contributed by atoms with Crippen molar-refractivity contribution in [2.24, 2.45) is 0 Å². The zero-order valence-corrected chi connectivity index (χ0v) is 23.3. The van der Waals surface area contributed by atoms with Gasteiger partial charge in [0.15, 0.2) is 0 Å². The highest BCUT2D eigenvalue weighted by Crippen LogP contribution is 2.32. The monoisotopic (exact) mass is 569 g/mol. The summed E-state index contributed by atoms with van der Waals surface area (Å²) in [4.78, 5) is 32.3.